The quantitative estimate of drug-likeness (QED) is 0.0229. The first-order valence-electron chi connectivity index (χ1n) is 41.2. The molecule has 0 fully saturated rings. The molecule has 7 atom stereocenters. The lowest BCUT2D eigenvalue weighted by atomic mass is 9.64. The van der Waals surface area contributed by atoms with Crippen LogP contribution in [0.5, 0.6) is 121 Å². The number of allylic oxidation sites excluding steroid dienone is 8. The third kappa shape index (κ3) is 18.5. The fourth-order valence-electron chi connectivity index (χ4n) is 16.7. The van der Waals surface area contributed by atoms with E-state index in [4.69, 9.17) is 33.2 Å². The second kappa shape index (κ2) is 36.7. The van der Waals surface area contributed by atoms with E-state index in [1.807, 2.05) is 71.9 Å². The van der Waals surface area contributed by atoms with Gasteiger partial charge in [-0.3, -0.25) is 19.2 Å². The summed E-state index contributed by atoms with van der Waals surface area (Å²) in [6.07, 6.45) is 15.5. The SMILES string of the molecule is CC(C)=CCC12Oc3c(c(O)cc(O)c3C3C=C(C)CC(c4ccc(O)cc4O)C3C(=O)c3ccc(O)cc3O)C(=O)C1(O)Oc1cc(O)ccc12.CC1(C)C=Cc2c(ccc3c2OCC(c2ccc(O)cc2O)C3)O1.COc1cc(O)c(CC=C(C)C)c(O)c1C(=O)/C=C/c1ccc(O)cc1.COc1cc(O)c(CC=C(C)C)c2c1C(=O)CC(c1ccc(O)cc1)O2. The van der Waals surface area contributed by atoms with Crippen molar-refractivity contribution >= 4 is 35.3 Å². The fraction of sp³-hybridized carbons (Fsp3) is 0.255. The van der Waals surface area contributed by atoms with Crippen LogP contribution in [0.15, 0.2) is 210 Å². The molecule has 1 aliphatic carbocycles. The molecule has 0 spiro atoms. The molecule has 26 nitrogen and oxygen atoms in total. The van der Waals surface area contributed by atoms with Crippen molar-refractivity contribution in [3.05, 3.63) is 288 Å². The number of carbonyl (C=O) groups excluding carboxylic acids is 4. The molecule has 10 aromatic carbocycles. The highest BCUT2D eigenvalue weighted by molar-refractivity contribution is 6.12. The van der Waals surface area contributed by atoms with Gasteiger partial charge in [0.25, 0.3) is 0 Å². The summed E-state index contributed by atoms with van der Waals surface area (Å²) >= 11 is 0. The van der Waals surface area contributed by atoms with Gasteiger partial charge in [0.1, 0.15) is 149 Å². The summed E-state index contributed by atoms with van der Waals surface area (Å²) < 4.78 is 41.2. The zero-order valence-corrected chi connectivity index (χ0v) is 72.1. The molecule has 664 valence electrons. The number of methoxy groups -OCH3 is 2. The van der Waals surface area contributed by atoms with E-state index < -0.39 is 75.4 Å². The molecular formula is C102H100O26. The van der Waals surface area contributed by atoms with E-state index >= 15 is 0 Å². The predicted octanol–water partition coefficient (Wildman–Crippen LogP) is 18.8. The summed E-state index contributed by atoms with van der Waals surface area (Å²) in [6.45, 7) is 17.7. The summed E-state index contributed by atoms with van der Waals surface area (Å²) in [5.41, 5.74) is 6.56. The highest BCUT2D eigenvalue weighted by Crippen LogP contribution is 2.63. The lowest BCUT2D eigenvalue weighted by Crippen LogP contribution is -2.62. The number of phenolic OH excluding ortho intramolecular Hbond substituents is 14. The summed E-state index contributed by atoms with van der Waals surface area (Å²) in [6, 6.07) is 36.8. The monoisotopic (exact) mass is 1740 g/mol. The summed E-state index contributed by atoms with van der Waals surface area (Å²) in [5, 5.41) is 157. The number of aliphatic hydroxyl groups is 1. The third-order valence-electron chi connectivity index (χ3n) is 23.1. The predicted molar refractivity (Wildman–Crippen MR) is 476 cm³/mol. The number of hydrogen-bond acceptors (Lipinski definition) is 26. The standard InChI is InChI=1S/C40H36O12.2C21H22O5.C20H20O4/c1-18(2)10-11-39-27-9-6-22(43)16-32(27)51-40(39,50)38(49)35-31(47)17-30(46)34(37(35)52-39)26-13-19(3)12-25(23-7-4-20(41)14-28(23)44)33(26)36(48)24-8-5-21(42)15-29(24)45;1-12(2)4-9-15-16(23)10-19(25-3)20-17(24)11-18(26-21(15)20)13-5-7-14(22)8-6-13;1-13(2)4-10-16-18(24)12-19(26-3)20(21(16)25)17(23)11-7-14-5-8-15(22)9-6-14;1-20(2)8-7-16-18(24-20)6-3-12-9-13(11-23-19(12)16)15-5-4-14(21)10-17(15)22/h4-10,13-17,25-26,33,41-47,50H,11-12H2,1-3H3;4-8,10,18,22-23H,9,11H2,1-3H3;4-9,11-12,22,24-25H,10H2,1-3H3;3-8,10,13,21-22H,9,11H2,1-2H3/b;;11-7+;. The number of aromatic hydroxyl groups is 14. The Bertz CT molecular complexity index is 6230. The normalized spacial score (nSPS) is 19.2. The zero-order chi connectivity index (χ0) is 92.4. The molecule has 16 rings (SSSR count). The lowest BCUT2D eigenvalue weighted by molar-refractivity contribution is -0.202. The number of Topliss-reactive ketones (excluding diaryl/α,β-unsaturated/α-hetero) is 3. The van der Waals surface area contributed by atoms with Gasteiger partial charge in [0.15, 0.2) is 17.3 Å². The Morgan fingerprint density at radius 3 is 1.73 bits per heavy atom. The van der Waals surface area contributed by atoms with Crippen molar-refractivity contribution in [2.24, 2.45) is 5.92 Å². The van der Waals surface area contributed by atoms with Gasteiger partial charge in [0, 0.05) is 100 Å². The van der Waals surface area contributed by atoms with Crippen LogP contribution in [0.2, 0.25) is 0 Å². The number of ketones is 4. The van der Waals surface area contributed by atoms with Crippen LogP contribution in [0, 0.1) is 5.92 Å². The van der Waals surface area contributed by atoms with Crippen LogP contribution in [0.3, 0.4) is 0 Å². The average Bonchev–Trinajstić information content (AvgIpc) is 1.49. The van der Waals surface area contributed by atoms with E-state index in [1.165, 1.54) is 93.1 Å². The van der Waals surface area contributed by atoms with Crippen molar-refractivity contribution in [1.29, 1.82) is 0 Å². The van der Waals surface area contributed by atoms with Gasteiger partial charge in [0.2, 0.25) is 11.4 Å². The van der Waals surface area contributed by atoms with Crippen LogP contribution in [0.1, 0.15) is 203 Å². The maximum Gasteiger partial charge on any atom is 0.318 e. The number of carbonyl (C=O) groups is 4. The molecule has 0 radical (unpaired) electrons. The lowest BCUT2D eigenvalue weighted by Gasteiger charge is -2.45. The molecule has 7 unspecified atom stereocenters. The maximum absolute atomic E-state index is 14.7. The van der Waals surface area contributed by atoms with E-state index in [1.54, 1.807) is 87.5 Å². The van der Waals surface area contributed by atoms with Crippen molar-refractivity contribution in [3.63, 3.8) is 0 Å². The summed E-state index contributed by atoms with van der Waals surface area (Å²) in [7, 11) is 2.83. The van der Waals surface area contributed by atoms with Gasteiger partial charge in [0.05, 0.1) is 38.4 Å². The van der Waals surface area contributed by atoms with Gasteiger partial charge in [-0.1, -0.05) is 95.1 Å². The van der Waals surface area contributed by atoms with Gasteiger partial charge >= 0.3 is 5.79 Å². The van der Waals surface area contributed by atoms with Gasteiger partial charge in [-0.2, -0.15) is 0 Å². The number of benzene rings is 10. The van der Waals surface area contributed by atoms with Crippen LogP contribution in [-0.4, -0.2) is 132 Å². The van der Waals surface area contributed by atoms with Gasteiger partial charge in [-0.05, 0) is 195 Å². The average molecular weight is 1740 g/mol. The van der Waals surface area contributed by atoms with E-state index in [9.17, 15) is 95.8 Å². The minimum absolute atomic E-state index is 0.00233. The van der Waals surface area contributed by atoms with Crippen molar-refractivity contribution in [2.45, 2.75) is 142 Å². The highest BCUT2D eigenvalue weighted by Gasteiger charge is 2.70. The molecule has 0 saturated carbocycles. The summed E-state index contributed by atoms with van der Waals surface area (Å²) in [5.74, 6) is -8.97. The second-order valence-corrected chi connectivity index (χ2v) is 33.5. The first kappa shape index (κ1) is 90.8. The Morgan fingerprint density at radius 1 is 0.531 bits per heavy atom. The van der Waals surface area contributed by atoms with Crippen LogP contribution >= 0.6 is 0 Å². The smallest absolute Gasteiger partial charge is 0.318 e. The molecule has 0 saturated heterocycles. The Morgan fingerprint density at radius 2 is 1.11 bits per heavy atom. The van der Waals surface area contributed by atoms with Crippen LogP contribution in [0.4, 0.5) is 0 Å². The molecule has 5 aliphatic heterocycles. The second-order valence-electron chi connectivity index (χ2n) is 33.5. The molecule has 0 bridgehead atoms. The minimum atomic E-state index is -2.75. The van der Waals surface area contributed by atoms with Crippen LogP contribution < -0.4 is 33.2 Å². The van der Waals surface area contributed by atoms with Crippen molar-refractivity contribution in [3.8, 4) is 121 Å². The largest absolute Gasteiger partial charge is 0.508 e. The summed E-state index contributed by atoms with van der Waals surface area (Å²) in [4.78, 5) is 54.7. The maximum atomic E-state index is 14.7. The zero-order valence-electron chi connectivity index (χ0n) is 72.1. The molecule has 128 heavy (non-hydrogen) atoms. The minimum Gasteiger partial charge on any atom is -0.508 e. The first-order valence-corrected chi connectivity index (χ1v) is 41.2. The first-order chi connectivity index (χ1) is 60.7. The number of phenols is 14. The van der Waals surface area contributed by atoms with Gasteiger partial charge < -0.3 is 110 Å². The molecule has 10 aromatic rings. The molecular weight excluding hydrogens is 1640 g/mol. The van der Waals surface area contributed by atoms with Gasteiger partial charge in [-0.25, -0.2) is 0 Å². The molecule has 26 heteroatoms. The van der Waals surface area contributed by atoms with Crippen molar-refractivity contribution < 1.29 is 129 Å². The topological polar surface area (TPSA) is 436 Å². The highest BCUT2D eigenvalue weighted by atomic mass is 16.7. The molecule has 5 heterocycles. The van der Waals surface area contributed by atoms with E-state index in [0.717, 1.165) is 80.7 Å². The Labute approximate surface area is 737 Å². The number of hydrogen-bond donors (Lipinski definition) is 15. The number of ether oxygens (including phenoxy) is 7. The molecule has 0 aromatic heterocycles. The van der Waals surface area contributed by atoms with E-state index in [-0.39, 0.29) is 150 Å². The van der Waals surface area contributed by atoms with E-state index in [2.05, 4.69) is 6.08 Å². The van der Waals surface area contributed by atoms with Crippen LogP contribution in [0.25, 0.3) is 12.2 Å². The van der Waals surface area contributed by atoms with Crippen molar-refractivity contribution in [1.82, 2.24) is 0 Å². The van der Waals surface area contributed by atoms with Gasteiger partial charge in [-0.15, -0.1) is 0 Å². The molecule has 6 aliphatic rings. The number of rotatable bonds is 17. The Balaban J connectivity index is 0.000000156. The van der Waals surface area contributed by atoms with E-state index in [0.29, 0.717) is 47.6 Å². The molecule has 15 N–H and O–H groups in total. The fourth-order valence-corrected chi connectivity index (χ4v) is 16.7. The Hall–Kier alpha value is -14.9. The Kier molecular flexibility index (Phi) is 26.0. The third-order valence-corrected chi connectivity index (χ3v) is 23.1. The van der Waals surface area contributed by atoms with Crippen LogP contribution in [-0.2, 0) is 24.9 Å². The van der Waals surface area contributed by atoms with Crippen molar-refractivity contribution in [2.75, 3.05) is 20.8 Å². The number of fused-ring (bicyclic) bond motifs is 8. The molecule has 0 amide bonds.